The summed E-state index contributed by atoms with van der Waals surface area (Å²) in [5.74, 6) is -0.842. The van der Waals surface area contributed by atoms with Crippen LogP contribution < -0.4 is 10.1 Å². The molecule has 0 spiro atoms. The van der Waals surface area contributed by atoms with Crippen LogP contribution in [0.25, 0.3) is 5.65 Å². The van der Waals surface area contributed by atoms with Gasteiger partial charge in [0.05, 0.1) is 18.8 Å². The fraction of sp³-hybridized carbons (Fsp3) is 0.235. The van der Waals surface area contributed by atoms with Crippen LogP contribution in [-0.2, 0) is 4.74 Å². The van der Waals surface area contributed by atoms with Gasteiger partial charge in [-0.15, -0.1) is 13.2 Å². The second-order valence-corrected chi connectivity index (χ2v) is 6.06. The summed E-state index contributed by atoms with van der Waals surface area (Å²) in [4.78, 5) is 16.8. The number of ether oxygens (including phenoxy) is 2. The molecule has 2 aromatic heterocycles. The van der Waals surface area contributed by atoms with Crippen LogP contribution in [0.15, 0.2) is 42.7 Å². The second kappa shape index (κ2) is 8.03. The van der Waals surface area contributed by atoms with Crippen molar-refractivity contribution in [1.29, 1.82) is 0 Å². The number of carbonyl (C=O) groups excluding carboxylic acids is 1. The van der Waals surface area contributed by atoms with E-state index in [1.807, 2.05) is 0 Å². The first kappa shape index (κ1) is 19.9. The van der Waals surface area contributed by atoms with E-state index in [0.29, 0.717) is 16.2 Å². The Labute approximate surface area is 162 Å². The molecule has 0 aliphatic rings. The molecule has 0 saturated heterocycles. The first-order valence-electron chi connectivity index (χ1n) is 7.92. The molecule has 7 nitrogen and oxygen atoms in total. The van der Waals surface area contributed by atoms with Crippen molar-refractivity contribution in [3.8, 4) is 5.75 Å². The number of hydrogen-bond acceptors (Lipinski definition) is 5. The molecule has 1 amide bonds. The number of benzene rings is 1. The van der Waals surface area contributed by atoms with Crippen LogP contribution in [0.1, 0.15) is 22.1 Å². The Balaban J connectivity index is 1.81. The van der Waals surface area contributed by atoms with Crippen LogP contribution in [0.5, 0.6) is 5.75 Å². The molecule has 1 unspecified atom stereocenters. The summed E-state index contributed by atoms with van der Waals surface area (Å²) in [5.41, 5.74) is 1.05. The first-order chi connectivity index (χ1) is 13.3. The van der Waals surface area contributed by atoms with Crippen LogP contribution in [0.4, 0.5) is 13.2 Å². The van der Waals surface area contributed by atoms with Crippen molar-refractivity contribution in [3.63, 3.8) is 0 Å². The normalized spacial score (nSPS) is 12.8. The zero-order chi connectivity index (χ0) is 20.3. The third kappa shape index (κ3) is 4.52. The highest BCUT2D eigenvalue weighted by Gasteiger charge is 2.31. The molecule has 28 heavy (non-hydrogen) atoms. The molecule has 0 bridgehead atoms. The number of alkyl halides is 3. The van der Waals surface area contributed by atoms with Gasteiger partial charge >= 0.3 is 6.36 Å². The fourth-order valence-corrected chi connectivity index (χ4v) is 2.73. The lowest BCUT2D eigenvalue weighted by molar-refractivity contribution is -0.274. The summed E-state index contributed by atoms with van der Waals surface area (Å²) in [6.07, 6.45) is -1.99. The van der Waals surface area contributed by atoms with Gasteiger partial charge in [-0.05, 0) is 23.8 Å². The number of methoxy groups -OCH3 is 1. The van der Waals surface area contributed by atoms with Crippen molar-refractivity contribution in [1.82, 2.24) is 19.9 Å². The lowest BCUT2D eigenvalue weighted by atomic mass is 10.1. The lowest BCUT2D eigenvalue weighted by Gasteiger charge is -2.19. The standard InChI is InChI=1S/C17H14ClF3N4O3/c1-27-9-13(10-2-4-11(5-3-10)28-17(19,20)21)24-16(26)14-6-7-22-15-12(18)8-23-25(14)15/h2-8,13H,9H2,1H3,(H,24,26). The molecule has 0 radical (unpaired) electrons. The number of halogens is 4. The predicted molar refractivity (Wildman–Crippen MR) is 93.2 cm³/mol. The smallest absolute Gasteiger partial charge is 0.406 e. The Hall–Kier alpha value is -2.85. The number of nitrogens with zero attached hydrogens (tertiary/aromatic N) is 3. The van der Waals surface area contributed by atoms with Gasteiger partial charge in [-0.25, -0.2) is 9.50 Å². The molecule has 0 fully saturated rings. The summed E-state index contributed by atoms with van der Waals surface area (Å²) in [6.45, 7) is 0.0965. The van der Waals surface area contributed by atoms with Gasteiger partial charge in [-0.1, -0.05) is 23.7 Å². The molecular weight excluding hydrogens is 401 g/mol. The zero-order valence-electron chi connectivity index (χ0n) is 14.4. The maximum absolute atomic E-state index is 12.7. The number of rotatable bonds is 6. The molecule has 2 heterocycles. The van der Waals surface area contributed by atoms with E-state index in [1.165, 1.54) is 42.2 Å². The number of carbonyl (C=O) groups is 1. The molecular formula is C17H14ClF3N4O3. The maximum Gasteiger partial charge on any atom is 0.573 e. The number of aromatic nitrogens is 3. The lowest BCUT2D eigenvalue weighted by Crippen LogP contribution is -2.32. The molecule has 1 atom stereocenters. The quantitative estimate of drug-likeness (QED) is 0.669. The molecule has 0 aliphatic heterocycles. The maximum atomic E-state index is 12.7. The summed E-state index contributed by atoms with van der Waals surface area (Å²) in [7, 11) is 1.44. The summed E-state index contributed by atoms with van der Waals surface area (Å²) in [5, 5.41) is 7.07. The number of amides is 1. The summed E-state index contributed by atoms with van der Waals surface area (Å²) < 4.78 is 47.1. The van der Waals surface area contributed by atoms with Gasteiger partial charge in [0.1, 0.15) is 16.5 Å². The van der Waals surface area contributed by atoms with Crippen LogP contribution >= 0.6 is 11.6 Å². The van der Waals surface area contributed by atoms with Gasteiger partial charge in [-0.3, -0.25) is 4.79 Å². The van der Waals surface area contributed by atoms with Crippen LogP contribution in [0.3, 0.4) is 0 Å². The average molecular weight is 415 g/mol. The van der Waals surface area contributed by atoms with Crippen LogP contribution in [0, 0.1) is 0 Å². The SMILES string of the molecule is COCC(NC(=O)c1ccnc2c(Cl)cnn12)c1ccc(OC(F)(F)F)cc1. The van der Waals surface area contributed by atoms with E-state index in [-0.39, 0.29) is 18.1 Å². The van der Waals surface area contributed by atoms with Crippen molar-refractivity contribution in [2.45, 2.75) is 12.4 Å². The van der Waals surface area contributed by atoms with Crippen molar-refractivity contribution < 1.29 is 27.4 Å². The largest absolute Gasteiger partial charge is 0.573 e. The van der Waals surface area contributed by atoms with Crippen LogP contribution in [-0.4, -0.2) is 40.6 Å². The first-order valence-corrected chi connectivity index (χ1v) is 8.30. The highest BCUT2D eigenvalue weighted by molar-refractivity contribution is 6.33. The van der Waals surface area contributed by atoms with Crippen molar-refractivity contribution in [3.05, 3.63) is 59.0 Å². The monoisotopic (exact) mass is 414 g/mol. The summed E-state index contributed by atoms with van der Waals surface area (Å²) >= 11 is 5.97. The van der Waals surface area contributed by atoms with Gasteiger partial charge in [0, 0.05) is 13.3 Å². The number of nitrogens with one attached hydrogen (secondary N) is 1. The van der Waals surface area contributed by atoms with E-state index < -0.39 is 18.3 Å². The Morgan fingerprint density at radius 1 is 1.29 bits per heavy atom. The van der Waals surface area contributed by atoms with E-state index in [4.69, 9.17) is 16.3 Å². The molecule has 148 valence electrons. The third-order valence-electron chi connectivity index (χ3n) is 3.75. The number of fused-ring (bicyclic) bond motifs is 1. The van der Waals surface area contributed by atoms with Crippen molar-refractivity contribution >= 4 is 23.2 Å². The van der Waals surface area contributed by atoms with E-state index in [1.54, 1.807) is 0 Å². The minimum atomic E-state index is -4.78. The fourth-order valence-electron chi connectivity index (χ4n) is 2.56. The van der Waals surface area contributed by atoms with E-state index >= 15 is 0 Å². The number of hydrogen-bond donors (Lipinski definition) is 1. The molecule has 1 N–H and O–H groups in total. The molecule has 3 rings (SSSR count). The van der Waals surface area contributed by atoms with Crippen molar-refractivity contribution in [2.75, 3.05) is 13.7 Å². The van der Waals surface area contributed by atoms with E-state index in [0.717, 1.165) is 12.1 Å². The van der Waals surface area contributed by atoms with Crippen molar-refractivity contribution in [2.24, 2.45) is 0 Å². The van der Waals surface area contributed by atoms with Gasteiger partial charge < -0.3 is 14.8 Å². The molecule has 3 aromatic rings. The minimum Gasteiger partial charge on any atom is -0.406 e. The molecule has 1 aromatic carbocycles. The zero-order valence-corrected chi connectivity index (χ0v) is 15.2. The minimum absolute atomic E-state index is 0.0965. The van der Waals surface area contributed by atoms with Gasteiger partial charge in [0.25, 0.3) is 5.91 Å². The molecule has 11 heteroatoms. The second-order valence-electron chi connectivity index (χ2n) is 5.66. The molecule has 0 aliphatic carbocycles. The Morgan fingerprint density at radius 2 is 2.00 bits per heavy atom. The molecule has 0 saturated carbocycles. The average Bonchev–Trinajstić information content (AvgIpc) is 3.02. The summed E-state index contributed by atoms with van der Waals surface area (Å²) in [6, 6.07) is 6.00. The van der Waals surface area contributed by atoms with Gasteiger partial charge in [0.15, 0.2) is 5.65 Å². The van der Waals surface area contributed by atoms with E-state index in [9.17, 15) is 18.0 Å². The van der Waals surface area contributed by atoms with Gasteiger partial charge in [0.2, 0.25) is 0 Å². The van der Waals surface area contributed by atoms with E-state index in [2.05, 4.69) is 20.1 Å². The topological polar surface area (TPSA) is 77.8 Å². The Morgan fingerprint density at radius 3 is 2.64 bits per heavy atom. The predicted octanol–water partition coefficient (Wildman–Crippen LogP) is 3.40. The van der Waals surface area contributed by atoms with Crippen LogP contribution in [0.2, 0.25) is 5.02 Å². The Bertz CT molecular complexity index is 976. The highest BCUT2D eigenvalue weighted by Crippen LogP contribution is 2.25. The Kier molecular flexibility index (Phi) is 5.71. The van der Waals surface area contributed by atoms with Gasteiger partial charge in [-0.2, -0.15) is 5.10 Å². The highest BCUT2D eigenvalue weighted by atomic mass is 35.5. The third-order valence-corrected chi connectivity index (χ3v) is 4.01.